The molecule has 0 saturated carbocycles. The molecule has 0 spiro atoms. The van der Waals surface area contributed by atoms with Crippen LogP contribution in [0.15, 0.2) is 24.3 Å². The number of benzene rings is 1. The molecule has 1 aromatic rings. The highest BCUT2D eigenvalue weighted by atomic mass is 19.4. The van der Waals surface area contributed by atoms with Crippen molar-refractivity contribution in [3.8, 4) is 0 Å². The summed E-state index contributed by atoms with van der Waals surface area (Å²) in [6, 6.07) is 4.91. The fourth-order valence-corrected chi connectivity index (χ4v) is 1.89. The van der Waals surface area contributed by atoms with Crippen molar-refractivity contribution in [2.24, 2.45) is 5.73 Å². The number of nitrogens with two attached hydrogens (primary N) is 1. The van der Waals surface area contributed by atoms with Gasteiger partial charge >= 0.3 is 6.18 Å². The Balaban J connectivity index is 2.80. The van der Waals surface area contributed by atoms with E-state index in [4.69, 9.17) is 10.8 Å². The van der Waals surface area contributed by atoms with E-state index < -0.39 is 17.8 Å². The van der Waals surface area contributed by atoms with Crippen molar-refractivity contribution in [2.45, 2.75) is 25.1 Å². The fourth-order valence-electron chi connectivity index (χ4n) is 1.89. The lowest BCUT2D eigenvalue weighted by molar-refractivity contribution is -0.138. The van der Waals surface area contributed by atoms with Crippen molar-refractivity contribution in [3.63, 3.8) is 0 Å². The minimum atomic E-state index is -4.38. The Bertz CT molecular complexity index is 382. The highest BCUT2D eigenvalue weighted by molar-refractivity contribution is 5.32. The third kappa shape index (κ3) is 4.81. The summed E-state index contributed by atoms with van der Waals surface area (Å²) < 4.78 is 38.7. The van der Waals surface area contributed by atoms with Gasteiger partial charge in [-0.05, 0) is 31.0 Å². The van der Waals surface area contributed by atoms with Gasteiger partial charge in [-0.25, -0.2) is 0 Å². The molecule has 0 saturated heterocycles. The molecule has 0 aliphatic carbocycles. The Morgan fingerprint density at radius 1 is 1.21 bits per heavy atom. The van der Waals surface area contributed by atoms with Crippen LogP contribution in [0, 0.1) is 0 Å². The molecule has 0 bridgehead atoms. The minimum Gasteiger partial charge on any atom is -0.396 e. The predicted molar refractivity (Wildman–Crippen MR) is 67.6 cm³/mol. The molecule has 0 amide bonds. The second-order valence-corrected chi connectivity index (χ2v) is 4.26. The molecular formula is C13H19F3N2O. The fraction of sp³-hybridized carbons (Fsp3) is 0.538. The van der Waals surface area contributed by atoms with E-state index in [1.807, 2.05) is 0 Å². The molecule has 19 heavy (non-hydrogen) atoms. The Morgan fingerprint density at radius 2 is 1.89 bits per heavy atom. The summed E-state index contributed by atoms with van der Waals surface area (Å²) >= 11 is 0. The lowest BCUT2D eigenvalue weighted by Crippen LogP contribution is -2.31. The van der Waals surface area contributed by atoms with Gasteiger partial charge in [-0.3, -0.25) is 0 Å². The van der Waals surface area contributed by atoms with Crippen LogP contribution >= 0.6 is 0 Å². The average Bonchev–Trinajstić information content (AvgIpc) is 2.38. The van der Waals surface area contributed by atoms with Gasteiger partial charge in [-0.1, -0.05) is 18.2 Å². The van der Waals surface area contributed by atoms with E-state index in [-0.39, 0.29) is 18.7 Å². The van der Waals surface area contributed by atoms with Crippen LogP contribution in [0.25, 0.3) is 0 Å². The topological polar surface area (TPSA) is 58.3 Å². The predicted octanol–water partition coefficient (Wildman–Crippen LogP) is 2.07. The lowest BCUT2D eigenvalue weighted by atomic mass is 9.99. The van der Waals surface area contributed by atoms with Crippen LogP contribution in [0.2, 0.25) is 0 Å². The number of halogens is 3. The number of aliphatic hydroxyl groups is 1. The molecule has 0 aromatic heterocycles. The molecule has 0 aliphatic heterocycles. The van der Waals surface area contributed by atoms with Crippen molar-refractivity contribution in [3.05, 3.63) is 35.4 Å². The summed E-state index contributed by atoms with van der Waals surface area (Å²) in [5, 5.41) is 11.7. The zero-order valence-electron chi connectivity index (χ0n) is 10.6. The van der Waals surface area contributed by atoms with Gasteiger partial charge in [-0.2, -0.15) is 13.2 Å². The zero-order chi connectivity index (χ0) is 14.3. The Morgan fingerprint density at radius 3 is 2.47 bits per heavy atom. The second kappa shape index (κ2) is 7.47. The van der Waals surface area contributed by atoms with Crippen LogP contribution in [0.1, 0.15) is 30.0 Å². The zero-order valence-corrected chi connectivity index (χ0v) is 10.6. The standard InChI is InChI=1S/C13H19F3N2O/c14-13(15,16)11-6-2-1-5-10(11)12(9-17)18-7-3-4-8-19/h1-2,5-6,12,18-19H,3-4,7-9,17H2. The van der Waals surface area contributed by atoms with Gasteiger partial charge in [0.2, 0.25) is 0 Å². The molecule has 0 aliphatic rings. The van der Waals surface area contributed by atoms with Crippen LogP contribution in [-0.2, 0) is 6.18 Å². The molecule has 6 heteroatoms. The summed E-state index contributed by atoms with van der Waals surface area (Å²) in [6.45, 7) is 0.689. The maximum Gasteiger partial charge on any atom is 0.416 e. The highest BCUT2D eigenvalue weighted by Crippen LogP contribution is 2.34. The van der Waals surface area contributed by atoms with Crippen LogP contribution in [0.5, 0.6) is 0 Å². The molecule has 1 unspecified atom stereocenters. The van der Waals surface area contributed by atoms with Crippen molar-refractivity contribution in [1.29, 1.82) is 0 Å². The first-order valence-corrected chi connectivity index (χ1v) is 6.21. The van der Waals surface area contributed by atoms with E-state index in [1.165, 1.54) is 12.1 Å². The number of hydrogen-bond donors (Lipinski definition) is 3. The monoisotopic (exact) mass is 276 g/mol. The van der Waals surface area contributed by atoms with Crippen LogP contribution in [0.4, 0.5) is 13.2 Å². The molecule has 0 heterocycles. The van der Waals surface area contributed by atoms with Crippen LogP contribution in [-0.4, -0.2) is 24.8 Å². The van der Waals surface area contributed by atoms with Crippen molar-refractivity contribution < 1.29 is 18.3 Å². The first-order valence-electron chi connectivity index (χ1n) is 6.21. The SMILES string of the molecule is NCC(NCCCCO)c1ccccc1C(F)(F)F. The van der Waals surface area contributed by atoms with E-state index in [9.17, 15) is 13.2 Å². The Hall–Kier alpha value is -1.11. The number of rotatable bonds is 7. The molecule has 108 valence electrons. The quantitative estimate of drug-likeness (QED) is 0.668. The molecule has 1 atom stereocenters. The van der Waals surface area contributed by atoms with Gasteiger partial charge in [0.25, 0.3) is 0 Å². The largest absolute Gasteiger partial charge is 0.416 e. The molecule has 4 N–H and O–H groups in total. The second-order valence-electron chi connectivity index (χ2n) is 4.26. The van der Waals surface area contributed by atoms with Gasteiger partial charge in [0.05, 0.1) is 5.56 Å². The number of hydrogen-bond acceptors (Lipinski definition) is 3. The number of alkyl halides is 3. The Labute approximate surface area is 110 Å². The van der Waals surface area contributed by atoms with Gasteiger partial charge < -0.3 is 16.2 Å². The molecule has 0 fully saturated rings. The van der Waals surface area contributed by atoms with Crippen LogP contribution < -0.4 is 11.1 Å². The first kappa shape index (κ1) is 15.9. The molecule has 3 nitrogen and oxygen atoms in total. The van der Waals surface area contributed by atoms with Crippen molar-refractivity contribution in [2.75, 3.05) is 19.7 Å². The van der Waals surface area contributed by atoms with Crippen LogP contribution in [0.3, 0.4) is 0 Å². The van der Waals surface area contributed by atoms with Gasteiger partial charge in [0.1, 0.15) is 0 Å². The smallest absolute Gasteiger partial charge is 0.396 e. The maximum atomic E-state index is 12.9. The molecule has 1 rings (SSSR count). The summed E-state index contributed by atoms with van der Waals surface area (Å²) in [5.41, 5.74) is 5.07. The average molecular weight is 276 g/mol. The molecular weight excluding hydrogens is 257 g/mol. The van der Waals surface area contributed by atoms with E-state index in [0.717, 1.165) is 6.07 Å². The van der Waals surface area contributed by atoms with E-state index >= 15 is 0 Å². The van der Waals surface area contributed by atoms with Crippen molar-refractivity contribution >= 4 is 0 Å². The van der Waals surface area contributed by atoms with E-state index in [2.05, 4.69) is 5.32 Å². The van der Waals surface area contributed by atoms with Gasteiger partial charge in [-0.15, -0.1) is 0 Å². The van der Waals surface area contributed by atoms with Crippen molar-refractivity contribution in [1.82, 2.24) is 5.32 Å². The third-order valence-electron chi connectivity index (χ3n) is 2.85. The highest BCUT2D eigenvalue weighted by Gasteiger charge is 2.34. The number of nitrogens with one attached hydrogen (secondary N) is 1. The van der Waals surface area contributed by atoms with Gasteiger partial charge in [0.15, 0.2) is 0 Å². The summed E-state index contributed by atoms with van der Waals surface area (Å²) in [6.07, 6.45) is -3.07. The Kier molecular flexibility index (Phi) is 6.27. The maximum absolute atomic E-state index is 12.9. The lowest BCUT2D eigenvalue weighted by Gasteiger charge is -2.21. The third-order valence-corrected chi connectivity index (χ3v) is 2.85. The number of unbranched alkanes of at least 4 members (excludes halogenated alkanes) is 1. The molecule has 0 radical (unpaired) electrons. The number of aliphatic hydroxyl groups excluding tert-OH is 1. The normalized spacial score (nSPS) is 13.5. The van der Waals surface area contributed by atoms with E-state index in [0.29, 0.717) is 19.4 Å². The summed E-state index contributed by atoms with van der Waals surface area (Å²) in [4.78, 5) is 0. The molecule has 1 aromatic carbocycles. The van der Waals surface area contributed by atoms with E-state index in [1.54, 1.807) is 6.07 Å². The van der Waals surface area contributed by atoms with Gasteiger partial charge in [0, 0.05) is 19.2 Å². The minimum absolute atomic E-state index is 0.0775. The first-order chi connectivity index (χ1) is 9.00. The summed E-state index contributed by atoms with van der Waals surface area (Å²) in [5.74, 6) is 0. The summed E-state index contributed by atoms with van der Waals surface area (Å²) in [7, 11) is 0.